The molecule has 0 saturated carbocycles. The van der Waals surface area contributed by atoms with Crippen molar-refractivity contribution in [3.05, 3.63) is 72.4 Å². The Morgan fingerprint density at radius 1 is 1.10 bits per heavy atom. The molecule has 2 aromatic carbocycles. The molecule has 1 amide bonds. The number of halogens is 1. The van der Waals surface area contributed by atoms with Gasteiger partial charge < -0.3 is 13.8 Å². The molecule has 2 heterocycles. The zero-order valence-corrected chi connectivity index (χ0v) is 15.7. The van der Waals surface area contributed by atoms with Crippen LogP contribution in [0.5, 0.6) is 5.75 Å². The molecule has 0 aliphatic rings. The smallest absolute Gasteiger partial charge is 0.296 e. The summed E-state index contributed by atoms with van der Waals surface area (Å²) in [6, 6.07) is 14.8. The number of benzene rings is 2. The Labute approximate surface area is 165 Å². The van der Waals surface area contributed by atoms with Crippen LogP contribution in [0.4, 0.5) is 10.3 Å². The Balaban J connectivity index is 1.51. The SMILES string of the molecule is COc1ccc(-c2cc(C(=O)Nc3ncc(-c4ccc(F)cc4)n3C)on2)cc1. The molecule has 0 aliphatic carbocycles. The van der Waals surface area contributed by atoms with Gasteiger partial charge in [0, 0.05) is 24.2 Å². The van der Waals surface area contributed by atoms with Crippen molar-refractivity contribution in [3.63, 3.8) is 0 Å². The highest BCUT2D eigenvalue weighted by molar-refractivity contribution is 6.02. The molecule has 0 bridgehead atoms. The largest absolute Gasteiger partial charge is 0.497 e. The van der Waals surface area contributed by atoms with E-state index in [2.05, 4.69) is 15.5 Å². The molecule has 0 saturated heterocycles. The Bertz CT molecular complexity index is 1150. The first-order valence-corrected chi connectivity index (χ1v) is 8.75. The average molecular weight is 392 g/mol. The summed E-state index contributed by atoms with van der Waals surface area (Å²) in [5, 5.41) is 6.64. The van der Waals surface area contributed by atoms with Gasteiger partial charge in [0.2, 0.25) is 11.7 Å². The van der Waals surface area contributed by atoms with Gasteiger partial charge >= 0.3 is 0 Å². The molecule has 7 nitrogen and oxygen atoms in total. The van der Waals surface area contributed by atoms with E-state index in [1.165, 1.54) is 12.1 Å². The van der Waals surface area contributed by atoms with Crippen molar-refractivity contribution >= 4 is 11.9 Å². The molecule has 29 heavy (non-hydrogen) atoms. The summed E-state index contributed by atoms with van der Waals surface area (Å²) in [7, 11) is 3.34. The Hall–Kier alpha value is -3.94. The highest BCUT2D eigenvalue weighted by atomic mass is 19.1. The number of amides is 1. The molecule has 0 radical (unpaired) electrons. The van der Waals surface area contributed by atoms with Crippen molar-refractivity contribution in [2.75, 3.05) is 12.4 Å². The second-order valence-electron chi connectivity index (χ2n) is 6.29. The lowest BCUT2D eigenvalue weighted by atomic mass is 10.1. The number of nitrogens with zero attached hydrogens (tertiary/aromatic N) is 3. The van der Waals surface area contributed by atoms with Gasteiger partial charge in [0.05, 0.1) is 19.0 Å². The van der Waals surface area contributed by atoms with Crippen LogP contribution < -0.4 is 10.1 Å². The predicted molar refractivity (Wildman–Crippen MR) is 105 cm³/mol. The van der Waals surface area contributed by atoms with Crippen molar-refractivity contribution < 1.29 is 18.4 Å². The van der Waals surface area contributed by atoms with Crippen LogP contribution in [-0.4, -0.2) is 27.7 Å². The number of carbonyl (C=O) groups is 1. The number of hydrogen-bond donors (Lipinski definition) is 1. The molecule has 0 aliphatic heterocycles. The fourth-order valence-corrected chi connectivity index (χ4v) is 2.86. The number of aromatic nitrogens is 3. The first-order chi connectivity index (χ1) is 14.0. The van der Waals surface area contributed by atoms with Gasteiger partial charge in [-0.05, 0) is 48.5 Å². The van der Waals surface area contributed by atoms with Gasteiger partial charge in [0.15, 0.2) is 0 Å². The van der Waals surface area contributed by atoms with Crippen molar-refractivity contribution in [1.29, 1.82) is 0 Å². The van der Waals surface area contributed by atoms with Gasteiger partial charge in [0.25, 0.3) is 5.91 Å². The average Bonchev–Trinajstić information content (AvgIpc) is 3.37. The van der Waals surface area contributed by atoms with E-state index in [1.807, 2.05) is 12.1 Å². The van der Waals surface area contributed by atoms with E-state index < -0.39 is 5.91 Å². The van der Waals surface area contributed by atoms with Crippen molar-refractivity contribution in [3.8, 4) is 28.3 Å². The van der Waals surface area contributed by atoms with Crippen LogP contribution >= 0.6 is 0 Å². The van der Waals surface area contributed by atoms with Gasteiger partial charge in [-0.25, -0.2) is 9.37 Å². The van der Waals surface area contributed by atoms with Crippen molar-refractivity contribution in [2.45, 2.75) is 0 Å². The summed E-state index contributed by atoms with van der Waals surface area (Å²) >= 11 is 0. The fourth-order valence-electron chi connectivity index (χ4n) is 2.86. The van der Waals surface area contributed by atoms with Crippen LogP contribution in [0, 0.1) is 5.82 Å². The maximum atomic E-state index is 13.1. The highest BCUT2D eigenvalue weighted by Gasteiger charge is 2.17. The van der Waals surface area contributed by atoms with Crippen molar-refractivity contribution in [2.24, 2.45) is 7.05 Å². The molecule has 4 aromatic rings. The molecule has 4 rings (SSSR count). The third-order valence-electron chi connectivity index (χ3n) is 4.47. The third kappa shape index (κ3) is 3.73. The molecule has 0 atom stereocenters. The summed E-state index contributed by atoms with van der Waals surface area (Å²) in [5.74, 6) is 0.319. The number of ether oxygens (including phenoxy) is 1. The van der Waals surface area contributed by atoms with Gasteiger partial charge in [-0.3, -0.25) is 10.1 Å². The minimum atomic E-state index is -0.475. The van der Waals surface area contributed by atoms with E-state index in [4.69, 9.17) is 9.26 Å². The minimum absolute atomic E-state index is 0.0575. The second-order valence-corrected chi connectivity index (χ2v) is 6.29. The molecule has 2 aromatic heterocycles. The second kappa shape index (κ2) is 7.59. The number of hydrogen-bond acceptors (Lipinski definition) is 5. The van der Waals surface area contributed by atoms with Crippen LogP contribution in [0.15, 0.2) is 65.3 Å². The predicted octanol–water partition coefficient (Wildman–Crippen LogP) is 4.14. The topological polar surface area (TPSA) is 82.2 Å². The first-order valence-electron chi connectivity index (χ1n) is 8.75. The number of methoxy groups -OCH3 is 1. The summed E-state index contributed by atoms with van der Waals surface area (Å²) in [6.45, 7) is 0. The zero-order valence-electron chi connectivity index (χ0n) is 15.7. The van der Waals surface area contributed by atoms with Gasteiger partial charge in [-0.15, -0.1) is 0 Å². The summed E-state index contributed by atoms with van der Waals surface area (Å²) in [5.41, 5.74) is 2.84. The van der Waals surface area contributed by atoms with Gasteiger partial charge in [-0.1, -0.05) is 5.16 Å². The fraction of sp³-hybridized carbons (Fsp3) is 0.0952. The number of anilines is 1. The standard InChI is InChI=1S/C21H17FN4O3/c1-26-18(14-3-7-15(22)8-4-14)12-23-21(26)24-20(27)19-11-17(25-29-19)13-5-9-16(28-2)10-6-13/h3-12H,1-2H3,(H,23,24,27). The number of rotatable bonds is 5. The molecule has 8 heteroatoms. The number of carbonyl (C=O) groups excluding carboxylic acids is 1. The number of imidazole rings is 1. The van der Waals surface area contributed by atoms with Crippen LogP contribution in [0.1, 0.15) is 10.6 Å². The molecule has 1 N–H and O–H groups in total. The van der Waals surface area contributed by atoms with Crippen LogP contribution in [0.25, 0.3) is 22.5 Å². The van der Waals surface area contributed by atoms with Crippen molar-refractivity contribution in [1.82, 2.24) is 14.7 Å². The summed E-state index contributed by atoms with van der Waals surface area (Å²) in [6.07, 6.45) is 1.60. The number of nitrogens with one attached hydrogen (secondary N) is 1. The lowest BCUT2D eigenvalue weighted by molar-refractivity contribution is 0.0987. The van der Waals surface area contributed by atoms with Crippen LogP contribution in [0.2, 0.25) is 0 Å². The molecule has 146 valence electrons. The van der Waals surface area contributed by atoms with Crippen LogP contribution in [0.3, 0.4) is 0 Å². The monoisotopic (exact) mass is 392 g/mol. The van der Waals surface area contributed by atoms with E-state index in [9.17, 15) is 9.18 Å². The van der Waals surface area contributed by atoms with E-state index in [0.717, 1.165) is 22.6 Å². The van der Waals surface area contributed by atoms with E-state index >= 15 is 0 Å². The normalized spacial score (nSPS) is 10.7. The molecule has 0 unspecified atom stereocenters. The van der Waals surface area contributed by atoms with Crippen LogP contribution in [-0.2, 0) is 7.05 Å². The molecule has 0 spiro atoms. The van der Waals surface area contributed by atoms with E-state index in [1.54, 1.807) is 55.3 Å². The molecular formula is C21H17FN4O3. The lowest BCUT2D eigenvalue weighted by Crippen LogP contribution is -2.14. The Morgan fingerprint density at radius 3 is 2.48 bits per heavy atom. The maximum Gasteiger partial charge on any atom is 0.296 e. The lowest BCUT2D eigenvalue weighted by Gasteiger charge is -2.06. The molecule has 0 fully saturated rings. The Morgan fingerprint density at radius 2 is 1.79 bits per heavy atom. The summed E-state index contributed by atoms with van der Waals surface area (Å²) in [4.78, 5) is 16.8. The zero-order chi connectivity index (χ0) is 20.4. The maximum absolute atomic E-state index is 13.1. The Kier molecular flexibility index (Phi) is 4.82. The summed E-state index contributed by atoms with van der Waals surface area (Å²) < 4.78 is 25.1. The van der Waals surface area contributed by atoms with E-state index in [0.29, 0.717) is 11.6 Å². The van der Waals surface area contributed by atoms with Gasteiger partial charge in [-0.2, -0.15) is 0 Å². The van der Waals surface area contributed by atoms with E-state index in [-0.39, 0.29) is 11.6 Å². The quantitative estimate of drug-likeness (QED) is 0.552. The van der Waals surface area contributed by atoms with Gasteiger partial charge in [0.1, 0.15) is 17.3 Å². The molecular weight excluding hydrogens is 375 g/mol. The highest BCUT2D eigenvalue weighted by Crippen LogP contribution is 2.24. The first kappa shape index (κ1) is 18.4. The third-order valence-corrected chi connectivity index (χ3v) is 4.47. The minimum Gasteiger partial charge on any atom is -0.497 e.